The standard InChI is InChI=1S/C17H23NO3/c1-5-6-7-8-9-14-12-15(17(19)20-3)10-11-16(14)13(2)18-21-4/h8-12H,5-7H2,1-4H3/b9-8+,18-13+. The van der Waals surface area contributed by atoms with Crippen molar-refractivity contribution in [1.82, 2.24) is 0 Å². The number of nitrogens with zero attached hydrogens (tertiary/aromatic N) is 1. The Labute approximate surface area is 126 Å². The Morgan fingerprint density at radius 3 is 2.71 bits per heavy atom. The molecule has 114 valence electrons. The first kappa shape index (κ1) is 17.0. The van der Waals surface area contributed by atoms with Crippen molar-refractivity contribution in [3.63, 3.8) is 0 Å². The molecule has 0 N–H and O–H groups in total. The lowest BCUT2D eigenvalue weighted by Crippen LogP contribution is -2.05. The summed E-state index contributed by atoms with van der Waals surface area (Å²) in [5, 5.41) is 3.96. The lowest BCUT2D eigenvalue weighted by Gasteiger charge is -2.08. The zero-order chi connectivity index (χ0) is 15.7. The lowest BCUT2D eigenvalue weighted by molar-refractivity contribution is 0.0600. The van der Waals surface area contributed by atoms with Crippen LogP contribution in [0.15, 0.2) is 29.4 Å². The van der Waals surface area contributed by atoms with E-state index < -0.39 is 0 Å². The topological polar surface area (TPSA) is 47.9 Å². The summed E-state index contributed by atoms with van der Waals surface area (Å²) in [6.45, 7) is 4.03. The molecule has 0 fully saturated rings. The number of oxime groups is 1. The van der Waals surface area contributed by atoms with Gasteiger partial charge >= 0.3 is 5.97 Å². The summed E-state index contributed by atoms with van der Waals surface area (Å²) in [6, 6.07) is 5.42. The van der Waals surface area contributed by atoms with E-state index >= 15 is 0 Å². The molecule has 1 rings (SSSR count). The van der Waals surface area contributed by atoms with Gasteiger partial charge < -0.3 is 9.57 Å². The number of esters is 1. The van der Waals surface area contributed by atoms with Crippen LogP contribution in [0.1, 0.15) is 54.6 Å². The van der Waals surface area contributed by atoms with Crippen LogP contribution in [0, 0.1) is 0 Å². The van der Waals surface area contributed by atoms with Gasteiger partial charge in [-0.2, -0.15) is 0 Å². The molecule has 1 aromatic rings. The molecule has 0 saturated carbocycles. The van der Waals surface area contributed by atoms with Crippen molar-refractivity contribution < 1.29 is 14.4 Å². The molecule has 0 unspecified atom stereocenters. The summed E-state index contributed by atoms with van der Waals surface area (Å²) >= 11 is 0. The summed E-state index contributed by atoms with van der Waals surface area (Å²) in [7, 11) is 2.90. The predicted molar refractivity (Wildman–Crippen MR) is 85.6 cm³/mol. The number of methoxy groups -OCH3 is 1. The van der Waals surface area contributed by atoms with Crippen molar-refractivity contribution in [2.24, 2.45) is 5.16 Å². The van der Waals surface area contributed by atoms with Crippen LogP contribution in [-0.2, 0) is 9.57 Å². The number of ether oxygens (including phenoxy) is 1. The molecule has 0 aromatic heterocycles. The van der Waals surface area contributed by atoms with Crippen molar-refractivity contribution in [2.75, 3.05) is 14.2 Å². The molecular weight excluding hydrogens is 266 g/mol. The van der Waals surface area contributed by atoms with E-state index in [1.54, 1.807) is 6.07 Å². The van der Waals surface area contributed by atoms with Crippen LogP contribution in [0.4, 0.5) is 0 Å². The summed E-state index contributed by atoms with van der Waals surface area (Å²) in [6.07, 6.45) is 7.45. The molecule has 0 radical (unpaired) electrons. The third-order valence-corrected chi connectivity index (χ3v) is 3.11. The van der Waals surface area contributed by atoms with Gasteiger partial charge in [0.25, 0.3) is 0 Å². The molecule has 0 aliphatic rings. The minimum atomic E-state index is -0.342. The van der Waals surface area contributed by atoms with E-state index in [0.717, 1.165) is 36.1 Å². The van der Waals surface area contributed by atoms with E-state index in [-0.39, 0.29) is 5.97 Å². The van der Waals surface area contributed by atoms with Crippen molar-refractivity contribution >= 4 is 17.8 Å². The second kappa shape index (κ2) is 8.95. The van der Waals surface area contributed by atoms with Gasteiger partial charge in [-0.15, -0.1) is 0 Å². The van der Waals surface area contributed by atoms with Crippen molar-refractivity contribution in [1.29, 1.82) is 0 Å². The molecule has 0 heterocycles. The first-order valence-electron chi connectivity index (χ1n) is 7.11. The second-order valence-corrected chi connectivity index (χ2v) is 4.70. The Balaban J connectivity index is 3.15. The summed E-state index contributed by atoms with van der Waals surface area (Å²) < 4.78 is 4.76. The summed E-state index contributed by atoms with van der Waals surface area (Å²) in [5.41, 5.74) is 3.18. The highest BCUT2D eigenvalue weighted by Gasteiger charge is 2.10. The van der Waals surface area contributed by atoms with E-state index in [2.05, 4.69) is 18.2 Å². The highest BCUT2D eigenvalue weighted by molar-refractivity contribution is 6.02. The Kier molecular flexibility index (Phi) is 7.23. The van der Waals surface area contributed by atoms with Crippen molar-refractivity contribution in [3.8, 4) is 0 Å². The van der Waals surface area contributed by atoms with Gasteiger partial charge in [-0.25, -0.2) is 4.79 Å². The van der Waals surface area contributed by atoms with Crippen LogP contribution in [0.25, 0.3) is 6.08 Å². The second-order valence-electron chi connectivity index (χ2n) is 4.70. The van der Waals surface area contributed by atoms with Crippen molar-refractivity contribution in [2.45, 2.75) is 33.1 Å². The van der Waals surface area contributed by atoms with Crippen LogP contribution in [0.3, 0.4) is 0 Å². The van der Waals surface area contributed by atoms with Crippen molar-refractivity contribution in [3.05, 3.63) is 41.0 Å². The molecule has 0 aliphatic heterocycles. The fourth-order valence-corrected chi connectivity index (χ4v) is 1.99. The first-order valence-corrected chi connectivity index (χ1v) is 7.11. The molecule has 0 amide bonds. The number of carbonyl (C=O) groups excluding carboxylic acids is 1. The van der Waals surface area contributed by atoms with E-state index in [9.17, 15) is 4.79 Å². The largest absolute Gasteiger partial charge is 0.465 e. The number of hydrogen-bond donors (Lipinski definition) is 0. The van der Waals surface area contributed by atoms with Gasteiger partial charge in [-0.1, -0.05) is 43.1 Å². The molecule has 4 heteroatoms. The van der Waals surface area contributed by atoms with Gasteiger partial charge in [0, 0.05) is 5.56 Å². The number of benzene rings is 1. The monoisotopic (exact) mass is 289 g/mol. The van der Waals surface area contributed by atoms with E-state index in [4.69, 9.17) is 9.57 Å². The van der Waals surface area contributed by atoms with Gasteiger partial charge in [-0.3, -0.25) is 0 Å². The lowest BCUT2D eigenvalue weighted by atomic mass is 10.00. The molecule has 1 aromatic carbocycles. The smallest absolute Gasteiger partial charge is 0.337 e. The third kappa shape index (κ3) is 5.06. The Morgan fingerprint density at radius 2 is 2.10 bits per heavy atom. The number of allylic oxidation sites excluding steroid dienone is 1. The van der Waals surface area contributed by atoms with Gasteiger partial charge in [0.2, 0.25) is 0 Å². The SMILES string of the molecule is CCCC/C=C/c1cc(C(=O)OC)ccc1/C(C)=N/OC. The zero-order valence-electron chi connectivity index (χ0n) is 13.2. The Bertz CT molecular complexity index is 533. The molecular formula is C17H23NO3. The fraction of sp³-hybridized carbons (Fsp3) is 0.412. The number of hydrogen-bond acceptors (Lipinski definition) is 4. The summed E-state index contributed by atoms with van der Waals surface area (Å²) in [4.78, 5) is 16.5. The molecule has 0 saturated heterocycles. The van der Waals surface area contributed by atoms with Crippen LogP contribution < -0.4 is 0 Å². The average molecular weight is 289 g/mol. The molecule has 0 atom stereocenters. The van der Waals surface area contributed by atoms with Gasteiger partial charge in [-0.05, 0) is 31.0 Å². The maximum atomic E-state index is 11.6. The predicted octanol–water partition coefficient (Wildman–Crippen LogP) is 4.05. The van der Waals surface area contributed by atoms with Crippen LogP contribution in [0.5, 0.6) is 0 Å². The van der Waals surface area contributed by atoms with Crippen LogP contribution in [0.2, 0.25) is 0 Å². The molecule has 0 spiro atoms. The Morgan fingerprint density at radius 1 is 1.33 bits per heavy atom. The van der Waals surface area contributed by atoms with Gasteiger partial charge in [0.15, 0.2) is 0 Å². The molecule has 4 nitrogen and oxygen atoms in total. The molecule has 0 bridgehead atoms. The van der Waals surface area contributed by atoms with Crippen LogP contribution in [-0.4, -0.2) is 25.9 Å². The number of unbranched alkanes of at least 4 members (excludes halogenated alkanes) is 2. The number of rotatable bonds is 7. The Hall–Kier alpha value is -2.10. The minimum absolute atomic E-state index is 0.342. The zero-order valence-corrected chi connectivity index (χ0v) is 13.2. The minimum Gasteiger partial charge on any atom is -0.465 e. The highest BCUT2D eigenvalue weighted by atomic mass is 16.6. The van der Waals surface area contributed by atoms with Crippen LogP contribution >= 0.6 is 0 Å². The third-order valence-electron chi connectivity index (χ3n) is 3.11. The summed E-state index contributed by atoms with van der Waals surface area (Å²) in [5.74, 6) is -0.342. The maximum absolute atomic E-state index is 11.6. The van der Waals surface area contributed by atoms with Gasteiger partial charge in [0.1, 0.15) is 7.11 Å². The van der Waals surface area contributed by atoms with E-state index in [0.29, 0.717) is 5.56 Å². The maximum Gasteiger partial charge on any atom is 0.337 e. The highest BCUT2D eigenvalue weighted by Crippen LogP contribution is 2.17. The van der Waals surface area contributed by atoms with Gasteiger partial charge in [0.05, 0.1) is 18.4 Å². The van der Waals surface area contributed by atoms with E-state index in [1.165, 1.54) is 14.2 Å². The fourth-order valence-electron chi connectivity index (χ4n) is 1.99. The normalized spacial score (nSPS) is 11.7. The average Bonchev–Trinajstić information content (AvgIpc) is 2.50. The number of carbonyl (C=O) groups is 1. The first-order chi connectivity index (χ1) is 10.1. The molecule has 0 aliphatic carbocycles. The van der Waals surface area contributed by atoms with E-state index in [1.807, 2.05) is 25.1 Å². The molecule has 21 heavy (non-hydrogen) atoms. The quantitative estimate of drug-likeness (QED) is 0.329.